The summed E-state index contributed by atoms with van der Waals surface area (Å²) in [5.41, 5.74) is 2.97. The summed E-state index contributed by atoms with van der Waals surface area (Å²) in [6, 6.07) is 5.96. The molecule has 0 bridgehead atoms. The van der Waals surface area contributed by atoms with Gasteiger partial charge in [0.1, 0.15) is 0 Å². The molecule has 0 aromatic heterocycles. The van der Waals surface area contributed by atoms with Crippen molar-refractivity contribution in [2.75, 3.05) is 44.3 Å². The number of amides is 1. The highest BCUT2D eigenvalue weighted by Gasteiger charge is 2.22. The van der Waals surface area contributed by atoms with Gasteiger partial charge in [-0.05, 0) is 44.0 Å². The average Bonchev–Trinajstić information content (AvgIpc) is 2.68. The van der Waals surface area contributed by atoms with Gasteiger partial charge in [0.15, 0.2) is 0 Å². The first-order valence-electron chi connectivity index (χ1n) is 7.80. The maximum atomic E-state index is 12.3. The maximum absolute atomic E-state index is 12.3. The van der Waals surface area contributed by atoms with E-state index in [-0.39, 0.29) is 12.5 Å². The van der Waals surface area contributed by atoms with Crippen molar-refractivity contribution in [1.82, 2.24) is 9.21 Å². The zero-order chi connectivity index (χ0) is 17.0. The van der Waals surface area contributed by atoms with E-state index < -0.39 is 10.0 Å². The highest BCUT2D eigenvalue weighted by atomic mass is 32.2. The molecule has 6 nitrogen and oxygen atoms in total. The largest absolute Gasteiger partial charge is 0.325 e. The number of carbonyl (C=O) groups is 1. The van der Waals surface area contributed by atoms with Gasteiger partial charge in [0.05, 0.1) is 12.8 Å². The quantitative estimate of drug-likeness (QED) is 0.895. The molecule has 0 unspecified atom stereocenters. The van der Waals surface area contributed by atoms with Crippen LogP contribution in [0.5, 0.6) is 0 Å². The van der Waals surface area contributed by atoms with E-state index in [4.69, 9.17) is 0 Å². The lowest BCUT2D eigenvalue weighted by Gasteiger charge is -2.20. The molecule has 0 spiro atoms. The van der Waals surface area contributed by atoms with Crippen LogP contribution >= 0.6 is 0 Å². The van der Waals surface area contributed by atoms with Crippen molar-refractivity contribution in [2.45, 2.75) is 20.3 Å². The van der Waals surface area contributed by atoms with E-state index in [2.05, 4.69) is 5.32 Å². The number of hydrogen-bond acceptors (Lipinski definition) is 4. The van der Waals surface area contributed by atoms with Crippen molar-refractivity contribution in [3.8, 4) is 0 Å². The first-order valence-corrected chi connectivity index (χ1v) is 9.65. The number of aryl methyl sites for hydroxylation is 2. The summed E-state index contributed by atoms with van der Waals surface area (Å²) < 4.78 is 24.7. The maximum Gasteiger partial charge on any atom is 0.238 e. The molecule has 128 valence electrons. The van der Waals surface area contributed by atoms with Crippen LogP contribution in [0.25, 0.3) is 0 Å². The summed E-state index contributed by atoms with van der Waals surface area (Å²) in [7, 11) is -3.15. The van der Waals surface area contributed by atoms with Gasteiger partial charge in [-0.1, -0.05) is 12.1 Å². The summed E-state index contributed by atoms with van der Waals surface area (Å²) in [6.45, 7) is 6.50. The van der Waals surface area contributed by atoms with Crippen molar-refractivity contribution in [1.29, 1.82) is 0 Å². The topological polar surface area (TPSA) is 69.7 Å². The van der Waals surface area contributed by atoms with Gasteiger partial charge in [0, 0.05) is 25.3 Å². The van der Waals surface area contributed by atoms with E-state index in [9.17, 15) is 13.2 Å². The van der Waals surface area contributed by atoms with Gasteiger partial charge in [-0.25, -0.2) is 12.7 Å². The van der Waals surface area contributed by atoms with Crippen LogP contribution in [0.2, 0.25) is 0 Å². The number of nitrogens with one attached hydrogen (secondary N) is 1. The van der Waals surface area contributed by atoms with Crippen LogP contribution in [0.1, 0.15) is 17.5 Å². The molecule has 7 heteroatoms. The molecule has 23 heavy (non-hydrogen) atoms. The highest BCUT2D eigenvalue weighted by molar-refractivity contribution is 7.88. The Labute approximate surface area is 138 Å². The van der Waals surface area contributed by atoms with Crippen molar-refractivity contribution in [3.05, 3.63) is 29.3 Å². The van der Waals surface area contributed by atoms with Crippen molar-refractivity contribution in [2.24, 2.45) is 0 Å². The summed E-state index contributed by atoms with van der Waals surface area (Å²) >= 11 is 0. The summed E-state index contributed by atoms with van der Waals surface area (Å²) in [4.78, 5) is 14.3. The predicted molar refractivity (Wildman–Crippen MR) is 92.0 cm³/mol. The summed E-state index contributed by atoms with van der Waals surface area (Å²) in [5, 5.41) is 2.95. The van der Waals surface area contributed by atoms with Gasteiger partial charge >= 0.3 is 0 Å². The molecular formula is C16H25N3O3S. The number of rotatable bonds is 4. The van der Waals surface area contributed by atoms with E-state index in [1.807, 2.05) is 36.9 Å². The molecule has 1 aliphatic heterocycles. The van der Waals surface area contributed by atoms with E-state index in [0.29, 0.717) is 19.6 Å². The molecule has 1 aromatic rings. The summed E-state index contributed by atoms with van der Waals surface area (Å²) in [6.07, 6.45) is 1.97. The fourth-order valence-electron chi connectivity index (χ4n) is 2.70. The van der Waals surface area contributed by atoms with Gasteiger partial charge in [0.2, 0.25) is 15.9 Å². The zero-order valence-electron chi connectivity index (χ0n) is 14.0. The fraction of sp³-hybridized carbons (Fsp3) is 0.562. The molecule has 0 radical (unpaired) electrons. The lowest BCUT2D eigenvalue weighted by molar-refractivity contribution is -0.117. The van der Waals surface area contributed by atoms with Crippen molar-refractivity contribution >= 4 is 21.6 Å². The molecule has 1 saturated heterocycles. The third-order valence-corrected chi connectivity index (χ3v) is 5.35. The number of sulfonamides is 1. The molecule has 1 fully saturated rings. The van der Waals surface area contributed by atoms with Gasteiger partial charge in [-0.2, -0.15) is 0 Å². The predicted octanol–water partition coefficient (Wildman–Crippen LogP) is 1.21. The third-order valence-electron chi connectivity index (χ3n) is 4.05. The first-order chi connectivity index (χ1) is 10.8. The highest BCUT2D eigenvalue weighted by Crippen LogP contribution is 2.16. The van der Waals surface area contributed by atoms with Gasteiger partial charge < -0.3 is 5.32 Å². The number of benzene rings is 1. The second-order valence-electron chi connectivity index (χ2n) is 6.16. The minimum atomic E-state index is -3.15. The molecule has 1 N–H and O–H groups in total. The normalized spacial score (nSPS) is 17.7. The Morgan fingerprint density at radius 1 is 1.17 bits per heavy atom. The smallest absolute Gasteiger partial charge is 0.238 e. The van der Waals surface area contributed by atoms with Gasteiger partial charge in [0.25, 0.3) is 0 Å². The molecule has 1 amide bonds. The van der Waals surface area contributed by atoms with Crippen LogP contribution in [0, 0.1) is 13.8 Å². The molecule has 0 aliphatic carbocycles. The van der Waals surface area contributed by atoms with Crippen LogP contribution in [0.15, 0.2) is 18.2 Å². The minimum Gasteiger partial charge on any atom is -0.325 e. The standard InChI is InChI=1S/C16H25N3O3S/c1-13-5-6-14(2)15(11-13)17-16(20)12-18-7-4-8-19(10-9-18)23(3,21)22/h5-6,11H,4,7-10,12H2,1-3H3,(H,17,20). The molecule has 1 aliphatic rings. The van der Waals surface area contributed by atoms with Crippen LogP contribution in [0.3, 0.4) is 0 Å². The average molecular weight is 339 g/mol. The Balaban J connectivity index is 1.92. The zero-order valence-corrected chi connectivity index (χ0v) is 14.8. The number of carbonyl (C=O) groups excluding carboxylic acids is 1. The lowest BCUT2D eigenvalue weighted by Crippen LogP contribution is -2.37. The van der Waals surface area contributed by atoms with E-state index >= 15 is 0 Å². The van der Waals surface area contributed by atoms with Crippen molar-refractivity contribution in [3.63, 3.8) is 0 Å². The minimum absolute atomic E-state index is 0.0634. The number of hydrogen-bond donors (Lipinski definition) is 1. The van der Waals surface area contributed by atoms with Gasteiger partial charge in [-0.3, -0.25) is 9.69 Å². The summed E-state index contributed by atoms with van der Waals surface area (Å²) in [5.74, 6) is -0.0634. The molecule has 0 saturated carbocycles. The van der Waals surface area contributed by atoms with E-state index in [1.165, 1.54) is 10.6 Å². The molecule has 2 rings (SSSR count). The lowest BCUT2D eigenvalue weighted by atomic mass is 10.1. The Morgan fingerprint density at radius 3 is 2.61 bits per heavy atom. The van der Waals surface area contributed by atoms with Gasteiger partial charge in [-0.15, -0.1) is 0 Å². The SMILES string of the molecule is Cc1ccc(C)c(NC(=O)CN2CCCN(S(C)(=O)=O)CC2)c1. The third kappa shape index (κ3) is 5.30. The van der Waals surface area contributed by atoms with Crippen LogP contribution in [-0.4, -0.2) is 62.5 Å². The Hall–Kier alpha value is -1.44. The molecular weight excluding hydrogens is 314 g/mol. The monoisotopic (exact) mass is 339 g/mol. The van der Waals surface area contributed by atoms with E-state index in [0.717, 1.165) is 29.8 Å². The molecule has 0 atom stereocenters. The van der Waals surface area contributed by atoms with E-state index in [1.54, 1.807) is 0 Å². The second kappa shape index (κ2) is 7.42. The Morgan fingerprint density at radius 2 is 1.91 bits per heavy atom. The van der Waals surface area contributed by atoms with Crippen LogP contribution in [0.4, 0.5) is 5.69 Å². The number of anilines is 1. The number of nitrogens with zero attached hydrogens (tertiary/aromatic N) is 2. The Kier molecular flexibility index (Phi) is 5.78. The fourth-order valence-corrected chi connectivity index (χ4v) is 3.57. The van der Waals surface area contributed by atoms with Crippen LogP contribution in [-0.2, 0) is 14.8 Å². The first kappa shape index (κ1) is 17.9. The molecule has 1 heterocycles. The molecule has 1 aromatic carbocycles. The van der Waals surface area contributed by atoms with Crippen molar-refractivity contribution < 1.29 is 13.2 Å². The van der Waals surface area contributed by atoms with Crippen LogP contribution < -0.4 is 5.32 Å². The second-order valence-corrected chi connectivity index (χ2v) is 8.14. The Bertz CT molecular complexity index is 673.